The van der Waals surface area contributed by atoms with Gasteiger partial charge in [0.2, 0.25) is 0 Å². The highest BCUT2D eigenvalue weighted by Gasteiger charge is 2.21. The molecule has 0 bridgehead atoms. The van der Waals surface area contributed by atoms with E-state index in [1.807, 2.05) is 27.1 Å². The summed E-state index contributed by atoms with van der Waals surface area (Å²) in [7, 11) is 1.81. The fraction of sp³-hybridized carbons (Fsp3) is 0.400. The normalized spacial score (nSPS) is 12.6. The van der Waals surface area contributed by atoms with Gasteiger partial charge >= 0.3 is 5.97 Å². The highest BCUT2D eigenvalue weighted by molar-refractivity contribution is 5.99. The Morgan fingerprint density at radius 2 is 2.10 bits per heavy atom. The Morgan fingerprint density at radius 3 is 2.71 bits per heavy atom. The molecule has 0 saturated carbocycles. The van der Waals surface area contributed by atoms with Crippen molar-refractivity contribution in [2.45, 2.75) is 26.3 Å². The second kappa shape index (κ2) is 5.95. The minimum atomic E-state index is -1.01. The second-order valence-corrected chi connectivity index (χ2v) is 5.57. The first-order chi connectivity index (χ1) is 9.86. The molecule has 112 valence electrons. The summed E-state index contributed by atoms with van der Waals surface area (Å²) in [4.78, 5) is 23.4. The minimum absolute atomic E-state index is 0.187. The number of carboxylic acids is 1. The number of nitrogens with one attached hydrogen (secondary N) is 1. The molecule has 1 unspecified atom stereocenters. The number of nitrogens with zero attached hydrogens (tertiary/aromatic N) is 2. The maximum atomic E-state index is 12.2. The molecule has 1 heterocycles. The summed E-state index contributed by atoms with van der Waals surface area (Å²) in [5.41, 5.74) is 1.23. The number of aliphatic carboxylic acids is 1. The molecule has 1 aromatic heterocycles. The lowest BCUT2D eigenvalue weighted by molar-refractivity contribution is -0.139. The molecule has 1 amide bonds. The molecule has 0 spiro atoms. The van der Waals surface area contributed by atoms with Gasteiger partial charge in [-0.25, -0.2) is 4.79 Å². The van der Waals surface area contributed by atoms with Crippen molar-refractivity contribution in [3.63, 3.8) is 0 Å². The van der Waals surface area contributed by atoms with E-state index in [1.54, 1.807) is 22.9 Å². The van der Waals surface area contributed by atoms with Crippen LogP contribution in [0.5, 0.6) is 0 Å². The number of carbonyl (C=O) groups is 2. The maximum absolute atomic E-state index is 12.2. The molecular formula is C15H19N3O3. The van der Waals surface area contributed by atoms with E-state index in [-0.39, 0.29) is 11.8 Å². The van der Waals surface area contributed by atoms with Crippen LogP contribution in [0.25, 0.3) is 10.9 Å². The number of hydrogen-bond acceptors (Lipinski definition) is 3. The van der Waals surface area contributed by atoms with E-state index < -0.39 is 12.0 Å². The molecule has 2 aromatic rings. The van der Waals surface area contributed by atoms with Crippen LogP contribution in [-0.4, -0.2) is 32.8 Å². The van der Waals surface area contributed by atoms with Crippen molar-refractivity contribution in [3.05, 3.63) is 30.0 Å². The number of amides is 1. The van der Waals surface area contributed by atoms with E-state index in [9.17, 15) is 9.59 Å². The zero-order valence-corrected chi connectivity index (χ0v) is 12.3. The van der Waals surface area contributed by atoms with Gasteiger partial charge in [-0.15, -0.1) is 0 Å². The molecule has 2 N–H and O–H groups in total. The van der Waals surface area contributed by atoms with Crippen molar-refractivity contribution < 1.29 is 14.7 Å². The number of benzene rings is 1. The monoisotopic (exact) mass is 289 g/mol. The highest BCUT2D eigenvalue weighted by Crippen LogP contribution is 2.14. The van der Waals surface area contributed by atoms with E-state index in [0.29, 0.717) is 12.0 Å². The molecule has 0 saturated heterocycles. The van der Waals surface area contributed by atoms with Crippen molar-refractivity contribution in [1.29, 1.82) is 0 Å². The van der Waals surface area contributed by atoms with E-state index in [4.69, 9.17) is 5.11 Å². The summed E-state index contributed by atoms with van der Waals surface area (Å²) in [6.07, 6.45) is 2.21. The van der Waals surface area contributed by atoms with Gasteiger partial charge in [0.05, 0.1) is 5.52 Å². The van der Waals surface area contributed by atoms with Gasteiger partial charge in [0, 0.05) is 24.2 Å². The Balaban J connectivity index is 2.18. The molecular weight excluding hydrogens is 270 g/mol. The summed E-state index contributed by atoms with van der Waals surface area (Å²) >= 11 is 0. The second-order valence-electron chi connectivity index (χ2n) is 5.57. The van der Waals surface area contributed by atoms with Crippen LogP contribution in [0.2, 0.25) is 0 Å². The Bertz CT molecular complexity index is 676. The maximum Gasteiger partial charge on any atom is 0.326 e. The molecule has 0 radical (unpaired) electrons. The highest BCUT2D eigenvalue weighted by atomic mass is 16.4. The van der Waals surface area contributed by atoms with Gasteiger partial charge < -0.3 is 10.4 Å². The van der Waals surface area contributed by atoms with Crippen LogP contribution >= 0.6 is 0 Å². The van der Waals surface area contributed by atoms with Crippen LogP contribution in [0.3, 0.4) is 0 Å². The molecule has 0 aliphatic rings. The number of aromatic nitrogens is 2. The largest absolute Gasteiger partial charge is 0.480 e. The molecule has 0 fully saturated rings. The molecule has 2 rings (SSSR count). The summed E-state index contributed by atoms with van der Waals surface area (Å²) in [6.45, 7) is 3.84. The fourth-order valence-corrected chi connectivity index (χ4v) is 2.22. The summed E-state index contributed by atoms with van der Waals surface area (Å²) < 4.78 is 1.67. The lowest BCUT2D eigenvalue weighted by Gasteiger charge is -2.16. The molecule has 0 aliphatic carbocycles. The van der Waals surface area contributed by atoms with Gasteiger partial charge in [0.15, 0.2) is 0 Å². The fourth-order valence-electron chi connectivity index (χ4n) is 2.22. The lowest BCUT2D eigenvalue weighted by atomic mass is 10.0. The average Bonchev–Trinajstić information content (AvgIpc) is 2.76. The number of carboxylic acid groups (broad SMARTS) is 1. The van der Waals surface area contributed by atoms with Gasteiger partial charge in [0.1, 0.15) is 6.04 Å². The SMILES string of the molecule is CC(C)CC(NC(=O)c1ccc2nn(C)cc2c1)C(=O)O. The Hall–Kier alpha value is -2.37. The van der Waals surface area contributed by atoms with E-state index in [1.165, 1.54) is 0 Å². The van der Waals surface area contributed by atoms with Crippen molar-refractivity contribution in [2.75, 3.05) is 0 Å². The van der Waals surface area contributed by atoms with Crippen LogP contribution in [0.15, 0.2) is 24.4 Å². The Labute approximate surface area is 122 Å². The van der Waals surface area contributed by atoms with Gasteiger partial charge in [-0.05, 0) is 30.5 Å². The minimum Gasteiger partial charge on any atom is -0.480 e. The smallest absolute Gasteiger partial charge is 0.326 e. The Morgan fingerprint density at radius 1 is 1.38 bits per heavy atom. The topological polar surface area (TPSA) is 84.2 Å². The molecule has 0 aliphatic heterocycles. The zero-order chi connectivity index (χ0) is 15.6. The predicted molar refractivity (Wildman–Crippen MR) is 79.1 cm³/mol. The first-order valence-corrected chi connectivity index (χ1v) is 6.84. The van der Waals surface area contributed by atoms with Crippen molar-refractivity contribution in [2.24, 2.45) is 13.0 Å². The van der Waals surface area contributed by atoms with Gasteiger partial charge in [-0.1, -0.05) is 13.8 Å². The first kappa shape index (κ1) is 15.0. The number of fused-ring (bicyclic) bond motifs is 1. The summed E-state index contributed by atoms with van der Waals surface area (Å²) in [6, 6.07) is 4.25. The first-order valence-electron chi connectivity index (χ1n) is 6.84. The van der Waals surface area contributed by atoms with E-state index in [0.717, 1.165) is 10.9 Å². The van der Waals surface area contributed by atoms with Crippen molar-refractivity contribution >= 4 is 22.8 Å². The summed E-state index contributed by atoms with van der Waals surface area (Å²) in [5.74, 6) is -1.21. The third kappa shape index (κ3) is 3.59. The quantitative estimate of drug-likeness (QED) is 0.879. The average molecular weight is 289 g/mol. The van der Waals surface area contributed by atoms with E-state index >= 15 is 0 Å². The lowest BCUT2D eigenvalue weighted by Crippen LogP contribution is -2.41. The standard InChI is InChI=1S/C15H19N3O3/c1-9(2)6-13(15(20)21)16-14(19)10-4-5-12-11(7-10)8-18(3)17-12/h4-5,7-9,13H,6H2,1-3H3,(H,16,19)(H,20,21). The third-order valence-electron chi connectivity index (χ3n) is 3.19. The van der Waals surface area contributed by atoms with E-state index in [2.05, 4.69) is 10.4 Å². The molecule has 6 nitrogen and oxygen atoms in total. The van der Waals surface area contributed by atoms with Gasteiger partial charge in [-0.3, -0.25) is 9.48 Å². The summed E-state index contributed by atoms with van der Waals surface area (Å²) in [5, 5.41) is 16.8. The predicted octanol–water partition coefficient (Wildman–Crippen LogP) is 1.80. The van der Waals surface area contributed by atoms with Crippen LogP contribution < -0.4 is 5.32 Å². The molecule has 1 atom stereocenters. The third-order valence-corrected chi connectivity index (χ3v) is 3.19. The number of carbonyl (C=O) groups excluding carboxylic acids is 1. The van der Waals surface area contributed by atoms with Crippen LogP contribution in [-0.2, 0) is 11.8 Å². The number of aryl methyl sites for hydroxylation is 1. The Kier molecular flexibility index (Phi) is 4.26. The molecule has 1 aromatic carbocycles. The molecule has 21 heavy (non-hydrogen) atoms. The van der Waals surface area contributed by atoms with Crippen molar-refractivity contribution in [1.82, 2.24) is 15.1 Å². The number of rotatable bonds is 5. The number of hydrogen-bond donors (Lipinski definition) is 2. The molecule has 6 heteroatoms. The van der Waals surface area contributed by atoms with Crippen molar-refractivity contribution in [3.8, 4) is 0 Å². The van der Waals surface area contributed by atoms with Gasteiger partial charge in [-0.2, -0.15) is 5.10 Å². The zero-order valence-electron chi connectivity index (χ0n) is 12.3. The van der Waals surface area contributed by atoms with Crippen LogP contribution in [0, 0.1) is 5.92 Å². The van der Waals surface area contributed by atoms with Crippen LogP contribution in [0.4, 0.5) is 0 Å². The van der Waals surface area contributed by atoms with Gasteiger partial charge in [0.25, 0.3) is 5.91 Å². The van der Waals surface area contributed by atoms with Crippen LogP contribution in [0.1, 0.15) is 30.6 Å².